The molecule has 1 amide bonds. The first-order valence-electron chi connectivity index (χ1n) is 8.62. The van der Waals surface area contributed by atoms with Gasteiger partial charge in [-0.2, -0.15) is 5.26 Å². The molecule has 27 heavy (non-hydrogen) atoms. The molecule has 1 aliphatic rings. The summed E-state index contributed by atoms with van der Waals surface area (Å²) < 4.78 is 0.944. The van der Waals surface area contributed by atoms with Crippen LogP contribution in [0.5, 0.6) is 0 Å². The van der Waals surface area contributed by atoms with Crippen LogP contribution >= 0.6 is 11.3 Å². The number of thiazole rings is 1. The van der Waals surface area contributed by atoms with E-state index in [9.17, 15) is 14.9 Å². The first-order valence-corrected chi connectivity index (χ1v) is 9.44. The van der Waals surface area contributed by atoms with Crippen molar-refractivity contribution in [3.05, 3.63) is 59.4 Å². The molecule has 0 aliphatic carbocycles. The number of aromatic nitrogens is 2. The van der Waals surface area contributed by atoms with E-state index in [4.69, 9.17) is 0 Å². The molecule has 6 nitrogen and oxygen atoms in total. The van der Waals surface area contributed by atoms with E-state index in [1.807, 2.05) is 42.5 Å². The van der Waals surface area contributed by atoms with Crippen molar-refractivity contribution in [1.82, 2.24) is 14.9 Å². The van der Waals surface area contributed by atoms with Crippen molar-refractivity contribution in [2.24, 2.45) is 5.92 Å². The number of hydrogen-bond acceptors (Lipinski definition) is 6. The molecule has 0 radical (unpaired) electrons. The predicted octanol–water partition coefficient (Wildman–Crippen LogP) is 2.92. The summed E-state index contributed by atoms with van der Waals surface area (Å²) in [5, 5.41) is 10.1. The highest BCUT2D eigenvalue weighted by Gasteiger charge is 2.39. The number of Topliss-reactive ketones (excluding diaryl/α,β-unsaturated/α-hetero) is 1. The van der Waals surface area contributed by atoms with Crippen LogP contribution < -0.4 is 0 Å². The van der Waals surface area contributed by atoms with Gasteiger partial charge in [0.2, 0.25) is 5.91 Å². The SMILES string of the molecule is N#C[C@@H](C(=O)[C@H]1CC(=O)N(Cc2ccccn2)C1)c1nc2ccccc2s1. The van der Waals surface area contributed by atoms with Gasteiger partial charge in [-0.05, 0) is 24.3 Å². The van der Waals surface area contributed by atoms with Gasteiger partial charge < -0.3 is 4.90 Å². The van der Waals surface area contributed by atoms with Crippen molar-refractivity contribution in [1.29, 1.82) is 5.26 Å². The molecule has 0 saturated carbocycles. The lowest BCUT2D eigenvalue weighted by atomic mass is 9.93. The number of ketones is 1. The molecule has 2 atom stereocenters. The molecule has 1 saturated heterocycles. The Morgan fingerprint density at radius 3 is 2.85 bits per heavy atom. The number of carbonyl (C=O) groups is 2. The number of para-hydroxylation sites is 1. The molecule has 134 valence electrons. The van der Waals surface area contributed by atoms with Crippen LogP contribution in [0.3, 0.4) is 0 Å². The van der Waals surface area contributed by atoms with Crippen LogP contribution in [0.2, 0.25) is 0 Å². The summed E-state index contributed by atoms with van der Waals surface area (Å²) in [6.07, 6.45) is 1.81. The minimum absolute atomic E-state index is 0.0833. The van der Waals surface area contributed by atoms with Gasteiger partial charge in [0, 0.05) is 25.1 Å². The van der Waals surface area contributed by atoms with Gasteiger partial charge in [-0.1, -0.05) is 18.2 Å². The van der Waals surface area contributed by atoms with Gasteiger partial charge in [0.1, 0.15) is 5.01 Å². The summed E-state index contributed by atoms with van der Waals surface area (Å²) in [7, 11) is 0. The van der Waals surface area contributed by atoms with E-state index in [0.717, 1.165) is 15.9 Å². The lowest BCUT2D eigenvalue weighted by molar-refractivity contribution is -0.129. The van der Waals surface area contributed by atoms with Gasteiger partial charge in [0.25, 0.3) is 0 Å². The molecular weight excluding hydrogens is 360 g/mol. The highest BCUT2D eigenvalue weighted by molar-refractivity contribution is 7.18. The summed E-state index contributed by atoms with van der Waals surface area (Å²) in [5.41, 5.74) is 1.56. The predicted molar refractivity (Wildman–Crippen MR) is 101 cm³/mol. The minimum atomic E-state index is -0.935. The number of likely N-dealkylation sites (tertiary alicyclic amines) is 1. The summed E-state index contributed by atoms with van der Waals surface area (Å²) in [6.45, 7) is 0.694. The van der Waals surface area contributed by atoms with Crippen LogP contribution in [-0.2, 0) is 16.1 Å². The molecule has 2 aromatic heterocycles. The monoisotopic (exact) mass is 376 g/mol. The maximum absolute atomic E-state index is 12.9. The Kier molecular flexibility index (Phi) is 4.65. The third kappa shape index (κ3) is 3.44. The number of fused-ring (bicyclic) bond motifs is 1. The maximum Gasteiger partial charge on any atom is 0.223 e. The number of carbonyl (C=O) groups excluding carboxylic acids is 2. The largest absolute Gasteiger partial charge is 0.336 e. The summed E-state index contributed by atoms with van der Waals surface area (Å²) in [5.74, 6) is -1.73. The molecule has 4 rings (SSSR count). The Balaban J connectivity index is 1.51. The lowest BCUT2D eigenvalue weighted by Gasteiger charge is -2.16. The highest BCUT2D eigenvalue weighted by atomic mass is 32.1. The van der Waals surface area contributed by atoms with Gasteiger partial charge in [0.15, 0.2) is 11.7 Å². The van der Waals surface area contributed by atoms with Crippen LogP contribution in [0.25, 0.3) is 10.2 Å². The van der Waals surface area contributed by atoms with Gasteiger partial charge in [-0.3, -0.25) is 14.6 Å². The van der Waals surface area contributed by atoms with Crippen LogP contribution in [0, 0.1) is 17.2 Å². The molecule has 0 unspecified atom stereocenters. The van der Waals surface area contributed by atoms with Gasteiger partial charge in [0.05, 0.1) is 28.5 Å². The Hall–Kier alpha value is -3.11. The third-order valence-corrected chi connectivity index (χ3v) is 5.77. The fourth-order valence-corrected chi connectivity index (χ4v) is 4.31. The number of pyridine rings is 1. The van der Waals surface area contributed by atoms with Crippen molar-refractivity contribution in [3.8, 4) is 6.07 Å². The van der Waals surface area contributed by atoms with E-state index in [1.54, 1.807) is 11.1 Å². The van der Waals surface area contributed by atoms with Gasteiger partial charge in [-0.15, -0.1) is 11.3 Å². The molecular formula is C20H16N4O2S. The summed E-state index contributed by atoms with van der Waals surface area (Å²) in [4.78, 5) is 35.6. The molecule has 0 bridgehead atoms. The van der Waals surface area contributed by atoms with Crippen molar-refractivity contribution in [2.45, 2.75) is 18.9 Å². The normalized spacial score (nSPS) is 17.8. The highest BCUT2D eigenvalue weighted by Crippen LogP contribution is 2.32. The second-order valence-electron chi connectivity index (χ2n) is 6.48. The minimum Gasteiger partial charge on any atom is -0.336 e. The fraction of sp³-hybridized carbons (Fsp3) is 0.250. The smallest absolute Gasteiger partial charge is 0.223 e. The zero-order valence-corrected chi connectivity index (χ0v) is 15.2. The molecule has 0 spiro atoms. The van der Waals surface area contributed by atoms with E-state index in [2.05, 4.69) is 16.0 Å². The van der Waals surface area contributed by atoms with E-state index < -0.39 is 11.8 Å². The van der Waals surface area contributed by atoms with Crippen LogP contribution in [0.1, 0.15) is 23.0 Å². The van der Waals surface area contributed by atoms with E-state index in [0.29, 0.717) is 18.1 Å². The number of benzene rings is 1. The Bertz CT molecular complexity index is 1010. The van der Waals surface area contributed by atoms with Crippen LogP contribution in [0.4, 0.5) is 0 Å². The molecule has 1 fully saturated rings. The number of nitrogens with zero attached hydrogens (tertiary/aromatic N) is 4. The lowest BCUT2D eigenvalue weighted by Crippen LogP contribution is -2.27. The average Bonchev–Trinajstić information content (AvgIpc) is 3.27. The number of nitriles is 1. The molecule has 3 heterocycles. The van der Waals surface area contributed by atoms with E-state index in [1.165, 1.54) is 11.3 Å². The number of rotatable bonds is 5. The van der Waals surface area contributed by atoms with Crippen molar-refractivity contribution < 1.29 is 9.59 Å². The Labute approximate surface area is 160 Å². The molecule has 1 aromatic carbocycles. The Morgan fingerprint density at radius 1 is 1.30 bits per heavy atom. The third-order valence-electron chi connectivity index (χ3n) is 4.67. The number of amides is 1. The second-order valence-corrected chi connectivity index (χ2v) is 7.54. The van der Waals surface area contributed by atoms with Crippen molar-refractivity contribution in [2.75, 3.05) is 6.54 Å². The zero-order valence-electron chi connectivity index (χ0n) is 14.4. The molecule has 0 N–H and O–H groups in total. The van der Waals surface area contributed by atoms with Gasteiger partial charge >= 0.3 is 0 Å². The van der Waals surface area contributed by atoms with Crippen molar-refractivity contribution in [3.63, 3.8) is 0 Å². The van der Waals surface area contributed by atoms with Crippen LogP contribution in [-0.4, -0.2) is 33.1 Å². The van der Waals surface area contributed by atoms with Crippen LogP contribution in [0.15, 0.2) is 48.7 Å². The zero-order chi connectivity index (χ0) is 18.8. The maximum atomic E-state index is 12.9. The van der Waals surface area contributed by atoms with E-state index >= 15 is 0 Å². The Morgan fingerprint density at radius 2 is 2.11 bits per heavy atom. The summed E-state index contributed by atoms with van der Waals surface area (Å²) in [6, 6.07) is 15.2. The molecule has 7 heteroatoms. The first kappa shape index (κ1) is 17.3. The molecule has 3 aromatic rings. The second kappa shape index (κ2) is 7.25. The van der Waals surface area contributed by atoms with Crippen molar-refractivity contribution >= 4 is 33.2 Å². The van der Waals surface area contributed by atoms with Gasteiger partial charge in [-0.25, -0.2) is 4.98 Å². The first-order chi connectivity index (χ1) is 13.2. The fourth-order valence-electron chi connectivity index (χ4n) is 3.29. The average molecular weight is 376 g/mol. The topological polar surface area (TPSA) is 87.0 Å². The van der Waals surface area contributed by atoms with E-state index in [-0.39, 0.29) is 18.1 Å². The number of hydrogen-bond donors (Lipinski definition) is 0. The summed E-state index contributed by atoms with van der Waals surface area (Å²) >= 11 is 1.36. The molecule has 1 aliphatic heterocycles. The standard InChI is InChI=1S/C20H16N4O2S/c21-10-15(20-23-16-6-1-2-7-17(16)27-20)19(26)13-9-18(25)24(11-13)12-14-5-3-4-8-22-14/h1-8,13,15H,9,11-12H2/t13-,15-/m0/s1. The quantitative estimate of drug-likeness (QED) is 0.683.